The number of benzene rings is 1. The number of aryl methyl sites for hydroxylation is 2. The minimum atomic E-state index is -0.618. The van der Waals surface area contributed by atoms with Crippen molar-refractivity contribution >= 4 is 23.3 Å². The summed E-state index contributed by atoms with van der Waals surface area (Å²) in [5, 5.41) is 5.46. The molecule has 0 unspecified atom stereocenters. The zero-order chi connectivity index (χ0) is 19.2. The minimum absolute atomic E-state index is 0.378. The second-order valence-corrected chi connectivity index (χ2v) is 7.10. The summed E-state index contributed by atoms with van der Waals surface area (Å²) in [6, 6.07) is 11.6. The van der Waals surface area contributed by atoms with Gasteiger partial charge in [-0.2, -0.15) is 0 Å². The van der Waals surface area contributed by atoms with Crippen molar-refractivity contribution in [2.45, 2.75) is 26.7 Å². The highest BCUT2D eigenvalue weighted by Crippen LogP contribution is 2.21. The number of carbonyl (C=O) groups is 2. The fourth-order valence-electron chi connectivity index (χ4n) is 3.36. The number of hydrogen-bond donors (Lipinski definition) is 2. The third-order valence-electron chi connectivity index (χ3n) is 4.98. The van der Waals surface area contributed by atoms with Gasteiger partial charge in [0.15, 0.2) is 0 Å². The van der Waals surface area contributed by atoms with E-state index in [1.165, 1.54) is 0 Å². The zero-order valence-corrected chi connectivity index (χ0v) is 15.9. The Labute approximate surface area is 160 Å². The Balaban J connectivity index is 1.43. The predicted molar refractivity (Wildman–Crippen MR) is 107 cm³/mol. The van der Waals surface area contributed by atoms with Crippen molar-refractivity contribution in [1.29, 1.82) is 0 Å². The molecule has 0 bridgehead atoms. The van der Waals surface area contributed by atoms with Crippen molar-refractivity contribution in [3.8, 4) is 0 Å². The SMILES string of the molecule is Cc1ccc(NC(=O)C(=O)NCC2CCN(c3ccccn3)CC2)c(C)c1. The average molecular weight is 366 g/mol. The van der Waals surface area contributed by atoms with Gasteiger partial charge in [-0.15, -0.1) is 0 Å². The number of pyridine rings is 1. The predicted octanol–water partition coefficient (Wildman–Crippen LogP) is 2.67. The lowest BCUT2D eigenvalue weighted by atomic mass is 9.97. The summed E-state index contributed by atoms with van der Waals surface area (Å²) in [4.78, 5) is 30.9. The van der Waals surface area contributed by atoms with Crippen LogP contribution in [0.25, 0.3) is 0 Å². The van der Waals surface area contributed by atoms with E-state index in [9.17, 15) is 9.59 Å². The van der Waals surface area contributed by atoms with Crippen LogP contribution in [-0.4, -0.2) is 36.4 Å². The molecule has 142 valence electrons. The summed E-state index contributed by atoms with van der Waals surface area (Å²) in [5.74, 6) is 0.172. The van der Waals surface area contributed by atoms with Crippen molar-refractivity contribution in [3.63, 3.8) is 0 Å². The van der Waals surface area contributed by atoms with Gasteiger partial charge in [0.25, 0.3) is 0 Å². The molecule has 2 N–H and O–H groups in total. The van der Waals surface area contributed by atoms with Crippen molar-refractivity contribution in [2.75, 3.05) is 29.9 Å². The molecular formula is C21H26N4O2. The second-order valence-electron chi connectivity index (χ2n) is 7.10. The monoisotopic (exact) mass is 366 g/mol. The average Bonchev–Trinajstić information content (AvgIpc) is 2.69. The van der Waals surface area contributed by atoms with E-state index in [0.717, 1.165) is 42.9 Å². The molecule has 0 radical (unpaired) electrons. The van der Waals surface area contributed by atoms with E-state index in [2.05, 4.69) is 20.5 Å². The molecule has 0 spiro atoms. The normalized spacial score (nSPS) is 14.7. The van der Waals surface area contributed by atoms with Gasteiger partial charge in [0.05, 0.1) is 0 Å². The molecule has 2 amide bonds. The lowest BCUT2D eigenvalue weighted by molar-refractivity contribution is -0.136. The molecule has 1 aromatic carbocycles. The molecule has 27 heavy (non-hydrogen) atoms. The highest BCUT2D eigenvalue weighted by atomic mass is 16.2. The van der Waals surface area contributed by atoms with Gasteiger partial charge >= 0.3 is 11.8 Å². The lowest BCUT2D eigenvalue weighted by Crippen LogP contribution is -2.42. The molecule has 2 aromatic rings. The summed E-state index contributed by atoms with van der Waals surface area (Å²) >= 11 is 0. The number of carbonyl (C=O) groups excluding carboxylic acids is 2. The van der Waals surface area contributed by atoms with Crippen molar-refractivity contribution < 1.29 is 9.59 Å². The van der Waals surface area contributed by atoms with Crippen LogP contribution in [0.5, 0.6) is 0 Å². The van der Waals surface area contributed by atoms with Crippen LogP contribution in [-0.2, 0) is 9.59 Å². The molecule has 6 heteroatoms. The summed E-state index contributed by atoms with van der Waals surface area (Å²) in [7, 11) is 0. The Morgan fingerprint density at radius 1 is 1.11 bits per heavy atom. The van der Waals surface area contributed by atoms with Gasteiger partial charge in [-0.05, 0) is 56.4 Å². The van der Waals surface area contributed by atoms with Crippen molar-refractivity contribution in [2.24, 2.45) is 5.92 Å². The molecule has 1 fully saturated rings. The number of nitrogens with zero attached hydrogens (tertiary/aromatic N) is 2. The Morgan fingerprint density at radius 3 is 2.56 bits per heavy atom. The quantitative estimate of drug-likeness (QED) is 0.816. The Bertz CT molecular complexity index is 799. The molecule has 1 aliphatic heterocycles. The van der Waals surface area contributed by atoms with E-state index in [0.29, 0.717) is 18.2 Å². The van der Waals surface area contributed by atoms with Crippen LogP contribution >= 0.6 is 0 Å². The van der Waals surface area contributed by atoms with Crippen LogP contribution in [0.4, 0.5) is 11.5 Å². The summed E-state index contributed by atoms with van der Waals surface area (Å²) in [6.45, 7) is 6.24. The maximum absolute atomic E-state index is 12.1. The van der Waals surface area contributed by atoms with Crippen molar-refractivity contribution in [3.05, 3.63) is 53.7 Å². The second kappa shape index (κ2) is 8.66. The van der Waals surface area contributed by atoms with Crippen LogP contribution in [0, 0.1) is 19.8 Å². The van der Waals surface area contributed by atoms with Gasteiger partial charge < -0.3 is 15.5 Å². The molecule has 1 aromatic heterocycles. The molecule has 6 nitrogen and oxygen atoms in total. The lowest BCUT2D eigenvalue weighted by Gasteiger charge is -2.32. The molecule has 0 atom stereocenters. The van der Waals surface area contributed by atoms with Crippen LogP contribution < -0.4 is 15.5 Å². The van der Waals surface area contributed by atoms with E-state index >= 15 is 0 Å². The summed E-state index contributed by atoms with van der Waals surface area (Å²) in [5.41, 5.74) is 2.73. The van der Waals surface area contributed by atoms with E-state index in [-0.39, 0.29) is 0 Å². The molecule has 0 saturated carbocycles. The van der Waals surface area contributed by atoms with Crippen LogP contribution in [0.15, 0.2) is 42.6 Å². The maximum atomic E-state index is 12.1. The summed E-state index contributed by atoms with van der Waals surface area (Å²) in [6.07, 6.45) is 3.74. The van der Waals surface area contributed by atoms with E-state index in [1.54, 1.807) is 6.20 Å². The minimum Gasteiger partial charge on any atom is -0.357 e. The van der Waals surface area contributed by atoms with Crippen LogP contribution in [0.2, 0.25) is 0 Å². The largest absolute Gasteiger partial charge is 0.357 e. The third kappa shape index (κ3) is 5.06. The van der Waals surface area contributed by atoms with Gasteiger partial charge in [0.2, 0.25) is 0 Å². The van der Waals surface area contributed by atoms with Crippen molar-refractivity contribution in [1.82, 2.24) is 10.3 Å². The Hall–Kier alpha value is -2.89. The molecule has 3 rings (SSSR count). The highest BCUT2D eigenvalue weighted by molar-refractivity contribution is 6.39. The summed E-state index contributed by atoms with van der Waals surface area (Å²) < 4.78 is 0. The fraction of sp³-hybridized carbons (Fsp3) is 0.381. The maximum Gasteiger partial charge on any atom is 0.313 e. The van der Waals surface area contributed by atoms with Gasteiger partial charge in [-0.25, -0.2) is 4.98 Å². The number of aromatic nitrogens is 1. The standard InChI is InChI=1S/C21H26N4O2/c1-15-6-7-18(16(2)13-15)24-21(27)20(26)23-14-17-8-11-25(12-9-17)19-5-3-4-10-22-19/h3-7,10,13,17H,8-9,11-12,14H2,1-2H3,(H,23,26)(H,24,27). The fourth-order valence-corrected chi connectivity index (χ4v) is 3.36. The molecule has 1 aliphatic rings. The third-order valence-corrected chi connectivity index (χ3v) is 4.98. The Morgan fingerprint density at radius 2 is 1.89 bits per heavy atom. The zero-order valence-electron chi connectivity index (χ0n) is 15.9. The molecule has 0 aliphatic carbocycles. The van der Waals surface area contributed by atoms with Gasteiger partial charge in [-0.3, -0.25) is 9.59 Å². The first-order valence-corrected chi connectivity index (χ1v) is 9.35. The van der Waals surface area contributed by atoms with Gasteiger partial charge in [-0.1, -0.05) is 23.8 Å². The van der Waals surface area contributed by atoms with Gasteiger partial charge in [0.1, 0.15) is 5.82 Å². The van der Waals surface area contributed by atoms with E-state index in [4.69, 9.17) is 0 Å². The first-order chi connectivity index (χ1) is 13.0. The highest BCUT2D eigenvalue weighted by Gasteiger charge is 2.22. The van der Waals surface area contributed by atoms with E-state index in [1.807, 2.05) is 50.2 Å². The molecule has 1 saturated heterocycles. The number of piperidine rings is 1. The topological polar surface area (TPSA) is 74.3 Å². The number of nitrogens with one attached hydrogen (secondary N) is 2. The first-order valence-electron chi connectivity index (χ1n) is 9.35. The van der Waals surface area contributed by atoms with E-state index < -0.39 is 11.8 Å². The Kier molecular flexibility index (Phi) is 6.06. The number of anilines is 2. The number of amides is 2. The molecular weight excluding hydrogens is 340 g/mol. The number of rotatable bonds is 4. The number of hydrogen-bond acceptors (Lipinski definition) is 4. The van der Waals surface area contributed by atoms with Gasteiger partial charge in [0, 0.05) is 31.5 Å². The van der Waals surface area contributed by atoms with Crippen LogP contribution in [0.3, 0.4) is 0 Å². The molecule has 2 heterocycles. The van der Waals surface area contributed by atoms with Crippen LogP contribution in [0.1, 0.15) is 24.0 Å². The first kappa shape index (κ1) is 18.9. The smallest absolute Gasteiger partial charge is 0.313 e.